The van der Waals surface area contributed by atoms with E-state index in [0.29, 0.717) is 29.2 Å². The average molecular weight is 252 g/mol. The first kappa shape index (κ1) is 13.5. The Morgan fingerprint density at radius 2 is 2.35 bits per heavy atom. The van der Waals surface area contributed by atoms with Crippen molar-refractivity contribution in [2.75, 3.05) is 11.9 Å². The number of halogens is 1. The smallest absolute Gasteiger partial charge is 0.224 e. The number of amides is 1. The zero-order valence-electron chi connectivity index (χ0n) is 9.53. The number of anilines is 1. The first-order valence-electron chi connectivity index (χ1n) is 5.26. The van der Waals surface area contributed by atoms with E-state index in [0.717, 1.165) is 0 Å². The molecule has 0 fully saturated rings. The molecule has 0 radical (unpaired) electrons. The van der Waals surface area contributed by atoms with E-state index < -0.39 is 0 Å². The normalized spacial score (nSPS) is 11.6. The quantitative estimate of drug-likeness (QED) is 0.860. The Hall–Kier alpha value is -1.57. The van der Waals surface area contributed by atoms with Crippen LogP contribution in [0.15, 0.2) is 18.2 Å². The molecule has 0 saturated carbocycles. The van der Waals surface area contributed by atoms with Gasteiger partial charge in [-0.1, -0.05) is 18.5 Å². The molecule has 5 heteroatoms. The number of hydrogen-bond donors (Lipinski definition) is 2. The minimum Gasteiger partial charge on any atom is -0.330 e. The first-order valence-corrected chi connectivity index (χ1v) is 5.64. The van der Waals surface area contributed by atoms with Crippen molar-refractivity contribution >= 4 is 23.2 Å². The summed E-state index contributed by atoms with van der Waals surface area (Å²) < 4.78 is 0. The van der Waals surface area contributed by atoms with E-state index in [1.54, 1.807) is 18.2 Å². The topological polar surface area (TPSA) is 78.9 Å². The number of carbonyl (C=O) groups is 1. The highest BCUT2D eigenvalue weighted by Gasteiger charge is 2.08. The number of nitriles is 1. The molecule has 1 rings (SSSR count). The van der Waals surface area contributed by atoms with Crippen LogP contribution in [0.2, 0.25) is 5.02 Å². The highest BCUT2D eigenvalue weighted by atomic mass is 35.5. The molecule has 90 valence electrons. The fourth-order valence-electron chi connectivity index (χ4n) is 1.30. The van der Waals surface area contributed by atoms with E-state index in [4.69, 9.17) is 22.6 Å². The van der Waals surface area contributed by atoms with Crippen LogP contribution in [0.4, 0.5) is 5.69 Å². The fourth-order valence-corrected chi connectivity index (χ4v) is 1.46. The van der Waals surface area contributed by atoms with Crippen molar-refractivity contribution in [1.29, 1.82) is 5.26 Å². The third-order valence-electron chi connectivity index (χ3n) is 2.31. The molecule has 0 saturated heterocycles. The second-order valence-electron chi connectivity index (χ2n) is 3.90. The van der Waals surface area contributed by atoms with Crippen LogP contribution in [-0.2, 0) is 4.79 Å². The maximum absolute atomic E-state index is 11.6. The summed E-state index contributed by atoms with van der Waals surface area (Å²) in [5.41, 5.74) is 6.35. The molecule has 1 atom stereocenters. The van der Waals surface area contributed by atoms with E-state index in [2.05, 4.69) is 5.32 Å². The van der Waals surface area contributed by atoms with Crippen LogP contribution in [0.1, 0.15) is 18.9 Å². The number of hydrogen-bond acceptors (Lipinski definition) is 3. The lowest BCUT2D eigenvalue weighted by molar-refractivity contribution is -0.116. The highest BCUT2D eigenvalue weighted by molar-refractivity contribution is 6.31. The third-order valence-corrected chi connectivity index (χ3v) is 2.64. The monoisotopic (exact) mass is 251 g/mol. The lowest BCUT2D eigenvalue weighted by Gasteiger charge is -2.09. The summed E-state index contributed by atoms with van der Waals surface area (Å²) in [6, 6.07) is 6.75. The molecule has 0 aromatic heterocycles. The maximum atomic E-state index is 11.6. The lowest BCUT2D eigenvalue weighted by Crippen LogP contribution is -2.20. The van der Waals surface area contributed by atoms with Crippen molar-refractivity contribution in [3.8, 4) is 6.07 Å². The van der Waals surface area contributed by atoms with E-state index in [1.807, 2.05) is 13.0 Å². The van der Waals surface area contributed by atoms with Crippen LogP contribution in [0.5, 0.6) is 0 Å². The number of nitrogens with two attached hydrogens (primary N) is 1. The first-order chi connectivity index (χ1) is 8.06. The van der Waals surface area contributed by atoms with E-state index in [-0.39, 0.29) is 11.8 Å². The van der Waals surface area contributed by atoms with E-state index >= 15 is 0 Å². The molecule has 0 heterocycles. The summed E-state index contributed by atoms with van der Waals surface area (Å²) in [7, 11) is 0. The number of benzene rings is 1. The summed E-state index contributed by atoms with van der Waals surface area (Å²) >= 11 is 5.79. The molecule has 1 aromatic rings. The van der Waals surface area contributed by atoms with Gasteiger partial charge >= 0.3 is 0 Å². The minimum absolute atomic E-state index is 0.117. The zero-order chi connectivity index (χ0) is 12.8. The van der Waals surface area contributed by atoms with Crippen LogP contribution < -0.4 is 11.1 Å². The van der Waals surface area contributed by atoms with Crippen molar-refractivity contribution in [1.82, 2.24) is 0 Å². The Labute approximate surface area is 105 Å². The fraction of sp³-hybridized carbons (Fsp3) is 0.333. The standard InChI is InChI=1S/C12H14ClN3O/c1-8(6-14)4-12(17)16-10-2-3-11(13)9(5-10)7-15/h2-3,5,8H,4,6,14H2,1H3,(H,16,17). The van der Waals surface area contributed by atoms with Gasteiger partial charge in [-0.05, 0) is 30.7 Å². The summed E-state index contributed by atoms with van der Waals surface area (Å²) in [6.07, 6.45) is 0.362. The Kier molecular flexibility index (Phi) is 4.95. The largest absolute Gasteiger partial charge is 0.330 e. The molecule has 0 spiro atoms. The molecule has 0 aliphatic heterocycles. The molecule has 17 heavy (non-hydrogen) atoms. The maximum Gasteiger partial charge on any atom is 0.224 e. The number of nitrogens with zero attached hydrogens (tertiary/aromatic N) is 1. The van der Waals surface area contributed by atoms with Crippen LogP contribution >= 0.6 is 11.6 Å². The van der Waals surface area contributed by atoms with Gasteiger partial charge in [0.1, 0.15) is 6.07 Å². The summed E-state index contributed by atoms with van der Waals surface area (Å²) in [5, 5.41) is 11.9. The summed E-state index contributed by atoms with van der Waals surface area (Å²) in [6.45, 7) is 2.37. The van der Waals surface area contributed by atoms with Gasteiger partial charge in [-0.2, -0.15) is 5.26 Å². The number of carbonyl (C=O) groups excluding carboxylic acids is 1. The van der Waals surface area contributed by atoms with Gasteiger partial charge in [-0.3, -0.25) is 4.79 Å². The van der Waals surface area contributed by atoms with Gasteiger partial charge < -0.3 is 11.1 Å². The van der Waals surface area contributed by atoms with Crippen molar-refractivity contribution in [3.63, 3.8) is 0 Å². The van der Waals surface area contributed by atoms with E-state index in [9.17, 15) is 4.79 Å². The van der Waals surface area contributed by atoms with Gasteiger partial charge in [0.05, 0.1) is 10.6 Å². The summed E-state index contributed by atoms with van der Waals surface area (Å²) in [4.78, 5) is 11.6. The van der Waals surface area contributed by atoms with Gasteiger partial charge in [0, 0.05) is 12.1 Å². The van der Waals surface area contributed by atoms with Gasteiger partial charge in [0.2, 0.25) is 5.91 Å². The van der Waals surface area contributed by atoms with Crippen molar-refractivity contribution in [2.24, 2.45) is 11.7 Å². The van der Waals surface area contributed by atoms with Crippen LogP contribution in [0, 0.1) is 17.2 Å². The second-order valence-corrected chi connectivity index (χ2v) is 4.31. The molecule has 3 N–H and O–H groups in total. The lowest BCUT2D eigenvalue weighted by atomic mass is 10.1. The molecule has 0 bridgehead atoms. The SMILES string of the molecule is CC(CN)CC(=O)Nc1ccc(Cl)c(C#N)c1. The van der Waals surface area contributed by atoms with Gasteiger partial charge in [-0.25, -0.2) is 0 Å². The molecule has 1 unspecified atom stereocenters. The second kappa shape index (κ2) is 6.24. The van der Waals surface area contributed by atoms with E-state index in [1.165, 1.54) is 0 Å². The van der Waals surface area contributed by atoms with Gasteiger partial charge in [0.25, 0.3) is 0 Å². The predicted octanol–water partition coefficient (Wildman–Crippen LogP) is 2.14. The molecular weight excluding hydrogens is 238 g/mol. The van der Waals surface area contributed by atoms with Crippen molar-refractivity contribution in [3.05, 3.63) is 28.8 Å². The molecule has 0 aliphatic rings. The Morgan fingerprint density at radius 1 is 1.65 bits per heavy atom. The molecular formula is C12H14ClN3O. The minimum atomic E-state index is -0.117. The number of nitrogens with one attached hydrogen (secondary N) is 1. The van der Waals surface area contributed by atoms with Crippen LogP contribution in [0.25, 0.3) is 0 Å². The molecule has 1 amide bonds. The van der Waals surface area contributed by atoms with Gasteiger partial charge in [-0.15, -0.1) is 0 Å². The Balaban J connectivity index is 2.69. The zero-order valence-corrected chi connectivity index (χ0v) is 10.3. The van der Waals surface area contributed by atoms with Crippen molar-refractivity contribution in [2.45, 2.75) is 13.3 Å². The van der Waals surface area contributed by atoms with Crippen LogP contribution in [-0.4, -0.2) is 12.5 Å². The van der Waals surface area contributed by atoms with Crippen LogP contribution in [0.3, 0.4) is 0 Å². The summed E-state index contributed by atoms with van der Waals surface area (Å²) in [5.74, 6) is 0.0203. The van der Waals surface area contributed by atoms with Gasteiger partial charge in [0.15, 0.2) is 0 Å². The third kappa shape index (κ3) is 4.06. The molecule has 1 aromatic carbocycles. The Morgan fingerprint density at radius 3 is 2.94 bits per heavy atom. The highest BCUT2D eigenvalue weighted by Crippen LogP contribution is 2.19. The average Bonchev–Trinajstić information content (AvgIpc) is 2.31. The van der Waals surface area contributed by atoms with Crippen molar-refractivity contribution < 1.29 is 4.79 Å². The Bertz CT molecular complexity index is 454. The molecule has 0 aliphatic carbocycles. The number of rotatable bonds is 4. The predicted molar refractivity (Wildman–Crippen MR) is 67.6 cm³/mol. The molecule has 4 nitrogen and oxygen atoms in total.